The summed E-state index contributed by atoms with van der Waals surface area (Å²) in [5.74, 6) is 1.44. The number of ether oxygens (including phenoxy) is 1. The Kier molecular flexibility index (Phi) is 2.78. The van der Waals surface area contributed by atoms with Crippen LogP contribution in [0.25, 0.3) is 0 Å². The molecule has 0 atom stereocenters. The second kappa shape index (κ2) is 4.23. The van der Waals surface area contributed by atoms with E-state index in [1.165, 1.54) is 12.8 Å². The summed E-state index contributed by atoms with van der Waals surface area (Å²) in [5.41, 5.74) is 7.87. The number of benzene rings is 1. The van der Waals surface area contributed by atoms with Crippen LogP contribution in [0.5, 0.6) is 5.75 Å². The molecule has 3 rings (SSSR count). The third kappa shape index (κ3) is 2.10. The van der Waals surface area contributed by atoms with Crippen LogP contribution in [-0.4, -0.2) is 36.5 Å². The summed E-state index contributed by atoms with van der Waals surface area (Å²) in [6.07, 6.45) is 2.44. The van der Waals surface area contributed by atoms with Crippen molar-refractivity contribution in [3.63, 3.8) is 0 Å². The van der Waals surface area contributed by atoms with Crippen molar-refractivity contribution < 1.29 is 9.53 Å². The molecule has 0 spiro atoms. The average molecular weight is 260 g/mol. The normalized spacial score (nSPS) is 20.9. The average Bonchev–Trinajstić information content (AvgIpc) is 3.19. The number of methoxy groups -OCH3 is 1. The van der Waals surface area contributed by atoms with Gasteiger partial charge < -0.3 is 15.4 Å². The Hall–Kier alpha value is -1.55. The molecule has 19 heavy (non-hydrogen) atoms. The molecule has 0 aromatic heterocycles. The number of aryl methyl sites for hydroxylation is 1. The van der Waals surface area contributed by atoms with Crippen LogP contribution in [-0.2, 0) is 0 Å². The monoisotopic (exact) mass is 260 g/mol. The van der Waals surface area contributed by atoms with Crippen LogP contribution in [0.4, 0.5) is 0 Å². The Morgan fingerprint density at radius 2 is 2.11 bits per heavy atom. The number of amides is 1. The zero-order valence-electron chi connectivity index (χ0n) is 11.5. The highest BCUT2D eigenvalue weighted by Crippen LogP contribution is 2.43. The van der Waals surface area contributed by atoms with Crippen LogP contribution >= 0.6 is 0 Å². The Labute approximate surface area is 113 Å². The minimum Gasteiger partial charge on any atom is -0.496 e. The highest BCUT2D eigenvalue weighted by Gasteiger charge is 2.51. The van der Waals surface area contributed by atoms with Gasteiger partial charge in [-0.25, -0.2) is 0 Å². The lowest BCUT2D eigenvalue weighted by Crippen LogP contribution is -2.69. The number of likely N-dealkylation sites (tertiary alicyclic amines) is 1. The molecule has 1 aliphatic heterocycles. The van der Waals surface area contributed by atoms with Crippen molar-refractivity contribution in [3.05, 3.63) is 29.3 Å². The van der Waals surface area contributed by atoms with Crippen LogP contribution in [0.3, 0.4) is 0 Å². The topological polar surface area (TPSA) is 55.6 Å². The van der Waals surface area contributed by atoms with Gasteiger partial charge in [0, 0.05) is 18.7 Å². The second-order valence-corrected chi connectivity index (χ2v) is 5.85. The molecule has 2 N–H and O–H groups in total. The molecule has 1 aromatic rings. The summed E-state index contributed by atoms with van der Waals surface area (Å²) in [6.45, 7) is 3.34. The van der Waals surface area contributed by atoms with E-state index in [9.17, 15) is 4.79 Å². The van der Waals surface area contributed by atoms with Crippen LogP contribution in [0.15, 0.2) is 18.2 Å². The maximum absolute atomic E-state index is 12.4. The summed E-state index contributed by atoms with van der Waals surface area (Å²) >= 11 is 0. The first kappa shape index (κ1) is 12.5. The van der Waals surface area contributed by atoms with E-state index in [1.807, 2.05) is 30.0 Å². The number of rotatable bonds is 3. The van der Waals surface area contributed by atoms with Crippen molar-refractivity contribution >= 4 is 5.91 Å². The molecule has 0 bridgehead atoms. The Bertz CT molecular complexity index is 517. The molecule has 0 radical (unpaired) electrons. The van der Waals surface area contributed by atoms with Crippen molar-refractivity contribution in [2.24, 2.45) is 11.7 Å². The molecule has 4 heteroatoms. The predicted molar refractivity (Wildman–Crippen MR) is 73.3 cm³/mol. The van der Waals surface area contributed by atoms with E-state index in [-0.39, 0.29) is 11.4 Å². The summed E-state index contributed by atoms with van der Waals surface area (Å²) < 4.78 is 5.26. The fraction of sp³-hybridized carbons (Fsp3) is 0.533. The standard InChI is InChI=1S/C15H20N2O2/c1-10-3-4-11(7-13(10)19-2)14(18)17-8-15(16,9-17)12-5-6-12/h3-4,7,12H,5-6,8-9,16H2,1-2H3. The van der Waals surface area contributed by atoms with Gasteiger partial charge in [0.05, 0.1) is 12.6 Å². The number of hydrogen-bond acceptors (Lipinski definition) is 3. The SMILES string of the molecule is COc1cc(C(=O)N2CC(N)(C3CC3)C2)ccc1C. The van der Waals surface area contributed by atoms with Crippen molar-refractivity contribution in [1.82, 2.24) is 4.90 Å². The van der Waals surface area contributed by atoms with Gasteiger partial charge in [0.1, 0.15) is 5.75 Å². The zero-order chi connectivity index (χ0) is 13.6. The molecule has 0 unspecified atom stereocenters. The van der Waals surface area contributed by atoms with E-state index in [0.717, 1.165) is 11.3 Å². The highest BCUT2D eigenvalue weighted by molar-refractivity contribution is 5.95. The first-order valence-electron chi connectivity index (χ1n) is 6.76. The molecular formula is C15H20N2O2. The smallest absolute Gasteiger partial charge is 0.254 e. The molecule has 4 nitrogen and oxygen atoms in total. The molecule has 1 saturated heterocycles. The molecule has 1 amide bonds. The largest absolute Gasteiger partial charge is 0.496 e. The summed E-state index contributed by atoms with van der Waals surface area (Å²) in [4.78, 5) is 14.2. The molecule has 1 saturated carbocycles. The molecule has 1 aromatic carbocycles. The number of nitrogens with zero attached hydrogens (tertiary/aromatic N) is 1. The second-order valence-electron chi connectivity index (χ2n) is 5.85. The molecule has 1 heterocycles. The number of carbonyl (C=O) groups excluding carboxylic acids is 1. The van der Waals surface area contributed by atoms with E-state index < -0.39 is 0 Å². The third-order valence-corrected chi connectivity index (χ3v) is 4.30. The molecule has 2 fully saturated rings. The van der Waals surface area contributed by atoms with E-state index >= 15 is 0 Å². The summed E-state index contributed by atoms with van der Waals surface area (Å²) in [6, 6.07) is 5.58. The van der Waals surface area contributed by atoms with Gasteiger partial charge in [-0.2, -0.15) is 0 Å². The van der Waals surface area contributed by atoms with E-state index in [4.69, 9.17) is 10.5 Å². The molecule has 1 aliphatic carbocycles. The third-order valence-electron chi connectivity index (χ3n) is 4.30. The van der Waals surface area contributed by atoms with Gasteiger partial charge in [-0.3, -0.25) is 4.79 Å². The Balaban J connectivity index is 1.71. The molecule has 102 valence electrons. The predicted octanol–water partition coefficient (Wildman–Crippen LogP) is 1.57. The maximum Gasteiger partial charge on any atom is 0.254 e. The van der Waals surface area contributed by atoms with Gasteiger partial charge in [0.2, 0.25) is 0 Å². The Morgan fingerprint density at radius 1 is 1.42 bits per heavy atom. The first-order valence-corrected chi connectivity index (χ1v) is 6.76. The summed E-state index contributed by atoms with van der Waals surface area (Å²) in [5, 5.41) is 0. The van der Waals surface area contributed by atoms with Gasteiger partial charge in [-0.05, 0) is 43.4 Å². The fourth-order valence-corrected chi connectivity index (χ4v) is 2.86. The van der Waals surface area contributed by atoms with Crippen LogP contribution < -0.4 is 10.5 Å². The van der Waals surface area contributed by atoms with Crippen molar-refractivity contribution in [1.29, 1.82) is 0 Å². The van der Waals surface area contributed by atoms with Crippen molar-refractivity contribution in [2.75, 3.05) is 20.2 Å². The fourth-order valence-electron chi connectivity index (χ4n) is 2.86. The van der Waals surface area contributed by atoms with Crippen LogP contribution in [0.1, 0.15) is 28.8 Å². The number of hydrogen-bond donors (Lipinski definition) is 1. The lowest BCUT2D eigenvalue weighted by Gasteiger charge is -2.48. The van der Waals surface area contributed by atoms with E-state index in [0.29, 0.717) is 24.6 Å². The molecular weight excluding hydrogens is 240 g/mol. The quantitative estimate of drug-likeness (QED) is 0.897. The highest BCUT2D eigenvalue weighted by atomic mass is 16.5. The lowest BCUT2D eigenvalue weighted by molar-refractivity contribution is 0.0350. The minimum atomic E-state index is -0.121. The number of nitrogens with two attached hydrogens (primary N) is 1. The van der Waals surface area contributed by atoms with Crippen molar-refractivity contribution in [3.8, 4) is 5.75 Å². The summed E-state index contributed by atoms with van der Waals surface area (Å²) in [7, 11) is 1.62. The van der Waals surface area contributed by atoms with Gasteiger partial charge in [-0.15, -0.1) is 0 Å². The lowest BCUT2D eigenvalue weighted by atomic mass is 9.85. The minimum absolute atomic E-state index is 0.0556. The van der Waals surface area contributed by atoms with E-state index in [1.54, 1.807) is 7.11 Å². The zero-order valence-corrected chi connectivity index (χ0v) is 11.5. The maximum atomic E-state index is 12.4. The van der Waals surface area contributed by atoms with E-state index in [2.05, 4.69) is 0 Å². The Morgan fingerprint density at radius 3 is 2.68 bits per heavy atom. The van der Waals surface area contributed by atoms with Crippen LogP contribution in [0, 0.1) is 12.8 Å². The van der Waals surface area contributed by atoms with Crippen LogP contribution in [0.2, 0.25) is 0 Å². The molecule has 2 aliphatic rings. The van der Waals surface area contributed by atoms with Gasteiger partial charge in [-0.1, -0.05) is 6.07 Å². The van der Waals surface area contributed by atoms with Gasteiger partial charge in [0.25, 0.3) is 5.91 Å². The van der Waals surface area contributed by atoms with Gasteiger partial charge >= 0.3 is 0 Å². The van der Waals surface area contributed by atoms with Crippen molar-refractivity contribution in [2.45, 2.75) is 25.3 Å². The van der Waals surface area contributed by atoms with Gasteiger partial charge in [0.15, 0.2) is 0 Å². The first-order chi connectivity index (χ1) is 9.03. The number of carbonyl (C=O) groups is 1.